The third-order valence-electron chi connectivity index (χ3n) is 3.78. The molecule has 1 aromatic rings. The molecule has 23 heavy (non-hydrogen) atoms. The number of ether oxygens (including phenoxy) is 1. The largest absolute Gasteiger partial charge is 0.496 e. The Balaban J connectivity index is 1.92. The number of aliphatic imine (C=N–C) groups is 1. The van der Waals surface area contributed by atoms with E-state index >= 15 is 0 Å². The summed E-state index contributed by atoms with van der Waals surface area (Å²) in [5.74, 6) is -0.600. The number of rotatable bonds is 2. The van der Waals surface area contributed by atoms with E-state index in [0.29, 0.717) is 24.4 Å². The van der Waals surface area contributed by atoms with Crippen molar-refractivity contribution in [3.05, 3.63) is 29.8 Å². The fraction of sp³-hybridized carbons (Fsp3) is 0.333. The molecule has 2 aliphatic heterocycles. The monoisotopic (exact) mass is 316 g/mol. The highest BCUT2D eigenvalue weighted by Gasteiger charge is 2.38. The number of benzene rings is 1. The SMILES string of the molecule is COc1ccccc1C(=O)N=C1NC(=O)C[C@H]2C(=O)NCCN12. The van der Waals surface area contributed by atoms with Gasteiger partial charge in [0.25, 0.3) is 5.91 Å². The van der Waals surface area contributed by atoms with E-state index in [1.54, 1.807) is 29.2 Å². The van der Waals surface area contributed by atoms with Gasteiger partial charge in [-0.1, -0.05) is 12.1 Å². The van der Waals surface area contributed by atoms with Gasteiger partial charge in [0.05, 0.1) is 19.1 Å². The van der Waals surface area contributed by atoms with Crippen LogP contribution in [0.15, 0.2) is 29.3 Å². The first-order chi connectivity index (χ1) is 11.1. The van der Waals surface area contributed by atoms with Gasteiger partial charge >= 0.3 is 0 Å². The van der Waals surface area contributed by atoms with Gasteiger partial charge in [-0.25, -0.2) is 0 Å². The topological polar surface area (TPSA) is 100 Å². The first kappa shape index (κ1) is 15.0. The maximum Gasteiger partial charge on any atom is 0.283 e. The highest BCUT2D eigenvalue weighted by Crippen LogP contribution is 2.19. The highest BCUT2D eigenvalue weighted by atomic mass is 16.5. The second kappa shape index (κ2) is 6.07. The molecule has 1 atom stereocenters. The minimum absolute atomic E-state index is 0.0493. The molecule has 0 unspecified atom stereocenters. The molecule has 3 rings (SSSR count). The zero-order chi connectivity index (χ0) is 16.4. The Hall–Kier alpha value is -2.90. The Labute approximate surface area is 132 Å². The molecule has 0 aromatic heterocycles. The third kappa shape index (κ3) is 2.87. The maximum atomic E-state index is 12.4. The summed E-state index contributed by atoms with van der Waals surface area (Å²) in [6.07, 6.45) is 0.0493. The van der Waals surface area contributed by atoms with Gasteiger partial charge in [-0.3, -0.25) is 19.7 Å². The lowest BCUT2D eigenvalue weighted by Crippen LogP contribution is -2.65. The number of hydrogen-bond acceptors (Lipinski definition) is 4. The summed E-state index contributed by atoms with van der Waals surface area (Å²) in [5, 5.41) is 5.27. The number of guanidine groups is 1. The van der Waals surface area contributed by atoms with E-state index < -0.39 is 11.9 Å². The smallest absolute Gasteiger partial charge is 0.283 e. The highest BCUT2D eigenvalue weighted by molar-refractivity contribution is 6.11. The third-order valence-corrected chi connectivity index (χ3v) is 3.78. The number of amides is 3. The number of nitrogens with one attached hydrogen (secondary N) is 2. The Morgan fingerprint density at radius 3 is 2.91 bits per heavy atom. The number of fused-ring (bicyclic) bond motifs is 1. The predicted octanol–water partition coefficient (Wildman–Crippen LogP) is -0.488. The second-order valence-corrected chi connectivity index (χ2v) is 5.19. The van der Waals surface area contributed by atoms with Crippen molar-refractivity contribution in [2.75, 3.05) is 20.2 Å². The summed E-state index contributed by atoms with van der Waals surface area (Å²) in [6.45, 7) is 0.918. The average Bonchev–Trinajstić information content (AvgIpc) is 2.55. The van der Waals surface area contributed by atoms with E-state index in [1.165, 1.54) is 7.11 Å². The van der Waals surface area contributed by atoms with Crippen molar-refractivity contribution >= 4 is 23.7 Å². The maximum absolute atomic E-state index is 12.4. The molecule has 2 aliphatic rings. The van der Waals surface area contributed by atoms with Gasteiger partial charge in [0.2, 0.25) is 17.8 Å². The molecule has 0 saturated carbocycles. The van der Waals surface area contributed by atoms with Crippen molar-refractivity contribution in [2.45, 2.75) is 12.5 Å². The molecule has 0 radical (unpaired) electrons. The van der Waals surface area contributed by atoms with Crippen LogP contribution in [0.4, 0.5) is 0 Å². The van der Waals surface area contributed by atoms with Crippen LogP contribution in [0.25, 0.3) is 0 Å². The molecular formula is C15H16N4O4. The van der Waals surface area contributed by atoms with E-state index in [1.807, 2.05) is 0 Å². The fourth-order valence-corrected chi connectivity index (χ4v) is 2.66. The van der Waals surface area contributed by atoms with Gasteiger partial charge < -0.3 is 15.0 Å². The Kier molecular flexibility index (Phi) is 3.96. The van der Waals surface area contributed by atoms with Crippen molar-refractivity contribution in [3.63, 3.8) is 0 Å². The minimum atomic E-state index is -0.623. The van der Waals surface area contributed by atoms with Gasteiger partial charge in [0.15, 0.2) is 0 Å². The Morgan fingerprint density at radius 2 is 2.13 bits per heavy atom. The van der Waals surface area contributed by atoms with Gasteiger partial charge in [0.1, 0.15) is 11.8 Å². The summed E-state index contributed by atoms with van der Waals surface area (Å²) in [5.41, 5.74) is 0.292. The normalized spacial score (nSPS) is 22.2. The van der Waals surface area contributed by atoms with Gasteiger partial charge in [-0.05, 0) is 12.1 Å². The zero-order valence-corrected chi connectivity index (χ0v) is 12.5. The lowest BCUT2D eigenvalue weighted by Gasteiger charge is -2.39. The summed E-state index contributed by atoms with van der Waals surface area (Å²) < 4.78 is 5.15. The molecule has 3 amide bonds. The Bertz CT molecular complexity index is 700. The quantitative estimate of drug-likeness (QED) is 0.767. The summed E-state index contributed by atoms with van der Waals surface area (Å²) in [6, 6.07) is 6.07. The number of carbonyl (C=O) groups excluding carboxylic acids is 3. The molecule has 2 saturated heterocycles. The first-order valence-electron chi connectivity index (χ1n) is 7.20. The molecule has 1 aromatic carbocycles. The molecule has 2 N–H and O–H groups in total. The average molecular weight is 316 g/mol. The number of methoxy groups -OCH3 is 1. The van der Waals surface area contributed by atoms with E-state index in [9.17, 15) is 14.4 Å². The van der Waals surface area contributed by atoms with Crippen LogP contribution in [-0.2, 0) is 9.59 Å². The summed E-state index contributed by atoms with van der Waals surface area (Å²) >= 11 is 0. The van der Waals surface area contributed by atoms with Crippen molar-refractivity contribution in [1.29, 1.82) is 0 Å². The fourth-order valence-electron chi connectivity index (χ4n) is 2.66. The molecule has 0 spiro atoms. The van der Waals surface area contributed by atoms with Gasteiger partial charge in [-0.2, -0.15) is 4.99 Å². The lowest BCUT2D eigenvalue weighted by molar-refractivity contribution is -0.133. The van der Waals surface area contributed by atoms with E-state index in [4.69, 9.17) is 4.74 Å². The van der Waals surface area contributed by atoms with Crippen LogP contribution < -0.4 is 15.4 Å². The van der Waals surface area contributed by atoms with Crippen molar-refractivity contribution in [1.82, 2.24) is 15.5 Å². The summed E-state index contributed by atoms with van der Waals surface area (Å²) in [4.78, 5) is 41.7. The standard InChI is InChI=1S/C15H16N4O4/c1-23-11-5-3-2-4-9(11)13(21)18-15-17-12(20)8-10-14(22)16-6-7-19(10)15/h2-5,10H,6-8H2,1H3,(H,16,22)(H,17,18,20,21)/t10-/m0/s1. The molecule has 2 fully saturated rings. The molecular weight excluding hydrogens is 300 g/mol. The van der Waals surface area contributed by atoms with Crippen LogP contribution >= 0.6 is 0 Å². The van der Waals surface area contributed by atoms with E-state index in [2.05, 4.69) is 15.6 Å². The van der Waals surface area contributed by atoms with Crippen LogP contribution in [0.1, 0.15) is 16.8 Å². The molecule has 8 heteroatoms. The van der Waals surface area contributed by atoms with Gasteiger partial charge in [-0.15, -0.1) is 0 Å². The van der Waals surface area contributed by atoms with E-state index in [-0.39, 0.29) is 24.2 Å². The molecule has 0 aliphatic carbocycles. The summed E-state index contributed by atoms with van der Waals surface area (Å²) in [7, 11) is 1.46. The number of piperazine rings is 1. The van der Waals surface area contributed by atoms with Crippen molar-refractivity contribution in [3.8, 4) is 5.75 Å². The molecule has 8 nitrogen and oxygen atoms in total. The number of nitrogens with zero attached hydrogens (tertiary/aromatic N) is 2. The zero-order valence-electron chi connectivity index (χ0n) is 12.5. The van der Waals surface area contributed by atoms with Crippen molar-refractivity contribution in [2.24, 2.45) is 4.99 Å². The second-order valence-electron chi connectivity index (χ2n) is 5.19. The van der Waals surface area contributed by atoms with Crippen LogP contribution in [0, 0.1) is 0 Å². The molecule has 0 bridgehead atoms. The first-order valence-corrected chi connectivity index (χ1v) is 7.20. The minimum Gasteiger partial charge on any atom is -0.496 e. The lowest BCUT2D eigenvalue weighted by atomic mass is 10.1. The number of hydrogen-bond donors (Lipinski definition) is 2. The molecule has 120 valence electrons. The molecule has 2 heterocycles. The van der Waals surface area contributed by atoms with E-state index in [0.717, 1.165) is 0 Å². The van der Waals surface area contributed by atoms with Crippen LogP contribution in [-0.4, -0.2) is 54.8 Å². The van der Waals surface area contributed by atoms with Crippen molar-refractivity contribution < 1.29 is 19.1 Å². The number of carbonyl (C=O) groups is 3. The van der Waals surface area contributed by atoms with Crippen LogP contribution in [0.5, 0.6) is 5.75 Å². The predicted molar refractivity (Wildman–Crippen MR) is 81.0 cm³/mol. The Morgan fingerprint density at radius 1 is 1.35 bits per heavy atom. The van der Waals surface area contributed by atoms with Crippen LogP contribution in [0.3, 0.4) is 0 Å². The van der Waals surface area contributed by atoms with Gasteiger partial charge in [0, 0.05) is 13.1 Å². The van der Waals surface area contributed by atoms with Crippen LogP contribution in [0.2, 0.25) is 0 Å². The number of para-hydroxylation sites is 1.